The van der Waals surface area contributed by atoms with Crippen molar-refractivity contribution in [2.45, 2.75) is 13.0 Å². The highest BCUT2D eigenvalue weighted by Crippen LogP contribution is 2.37. The summed E-state index contributed by atoms with van der Waals surface area (Å²) in [6.45, 7) is 2.97. The molecule has 1 heterocycles. The van der Waals surface area contributed by atoms with E-state index in [0.717, 1.165) is 28.1 Å². The van der Waals surface area contributed by atoms with E-state index in [9.17, 15) is 0 Å². The van der Waals surface area contributed by atoms with E-state index in [1.807, 2.05) is 18.2 Å². The Kier molecular flexibility index (Phi) is 5.46. The van der Waals surface area contributed by atoms with Gasteiger partial charge in [0.15, 0.2) is 0 Å². The molecule has 0 aliphatic carbocycles. The summed E-state index contributed by atoms with van der Waals surface area (Å²) < 4.78 is 11.9. The Morgan fingerprint density at radius 2 is 2.00 bits per heavy atom. The highest BCUT2D eigenvalue weighted by Gasteiger charge is 2.21. The van der Waals surface area contributed by atoms with Crippen molar-refractivity contribution in [3.8, 4) is 11.5 Å². The zero-order valence-corrected chi connectivity index (χ0v) is 14.2. The van der Waals surface area contributed by atoms with E-state index >= 15 is 0 Å². The zero-order chi connectivity index (χ0) is 14.5. The number of rotatable bonds is 6. The van der Waals surface area contributed by atoms with E-state index in [1.165, 1.54) is 5.56 Å². The number of nitrogens with one attached hydrogen (secondary N) is 1. The summed E-state index contributed by atoms with van der Waals surface area (Å²) in [5.74, 6) is 1.69. The lowest BCUT2D eigenvalue weighted by Crippen LogP contribution is -2.22. The molecule has 0 aliphatic heterocycles. The molecule has 2 aromatic rings. The van der Waals surface area contributed by atoms with Gasteiger partial charge in [0, 0.05) is 15.4 Å². The smallest absolute Gasteiger partial charge is 0.124 e. The molecule has 1 N–H and O–H groups in total. The monoisotopic (exact) mass is 355 g/mol. The molecule has 1 aromatic carbocycles. The highest BCUT2D eigenvalue weighted by molar-refractivity contribution is 9.10. The summed E-state index contributed by atoms with van der Waals surface area (Å²) in [6.07, 6.45) is 0. The molecule has 1 aromatic heterocycles. The van der Waals surface area contributed by atoms with Gasteiger partial charge in [-0.3, -0.25) is 0 Å². The van der Waals surface area contributed by atoms with E-state index in [2.05, 4.69) is 38.9 Å². The highest BCUT2D eigenvalue weighted by atomic mass is 79.9. The fourth-order valence-corrected chi connectivity index (χ4v) is 3.71. The lowest BCUT2D eigenvalue weighted by molar-refractivity contribution is 0.394. The molecule has 3 nitrogen and oxygen atoms in total. The van der Waals surface area contributed by atoms with Gasteiger partial charge in [0.1, 0.15) is 11.5 Å². The first-order valence-electron chi connectivity index (χ1n) is 6.38. The molecule has 108 valence electrons. The van der Waals surface area contributed by atoms with Crippen molar-refractivity contribution < 1.29 is 9.47 Å². The van der Waals surface area contributed by atoms with Crippen LogP contribution in [0.25, 0.3) is 0 Å². The molecule has 0 saturated heterocycles. The molecule has 0 spiro atoms. The Labute approximate surface area is 132 Å². The van der Waals surface area contributed by atoms with E-state index in [-0.39, 0.29) is 6.04 Å². The molecule has 1 atom stereocenters. The Morgan fingerprint density at radius 1 is 1.20 bits per heavy atom. The number of methoxy groups -OCH3 is 2. The van der Waals surface area contributed by atoms with Crippen LogP contribution in [-0.2, 0) is 0 Å². The van der Waals surface area contributed by atoms with Crippen LogP contribution < -0.4 is 14.8 Å². The zero-order valence-electron chi connectivity index (χ0n) is 11.8. The van der Waals surface area contributed by atoms with Gasteiger partial charge in [-0.1, -0.05) is 6.92 Å². The second-order valence-electron chi connectivity index (χ2n) is 4.27. The van der Waals surface area contributed by atoms with Crippen molar-refractivity contribution in [3.05, 3.63) is 44.6 Å². The number of hydrogen-bond acceptors (Lipinski definition) is 4. The van der Waals surface area contributed by atoms with Gasteiger partial charge < -0.3 is 14.8 Å². The van der Waals surface area contributed by atoms with Crippen LogP contribution in [0.4, 0.5) is 0 Å². The third-order valence-electron chi connectivity index (χ3n) is 3.11. The van der Waals surface area contributed by atoms with Crippen LogP contribution in [0, 0.1) is 0 Å². The summed E-state index contributed by atoms with van der Waals surface area (Å²) in [6, 6.07) is 5.95. The molecule has 0 radical (unpaired) electrons. The molecule has 0 bridgehead atoms. The van der Waals surface area contributed by atoms with Crippen molar-refractivity contribution in [1.82, 2.24) is 5.32 Å². The average Bonchev–Trinajstić information content (AvgIpc) is 2.90. The largest absolute Gasteiger partial charge is 0.497 e. The summed E-state index contributed by atoms with van der Waals surface area (Å²) in [4.78, 5) is 0. The Balaban J connectivity index is 2.50. The molecule has 20 heavy (non-hydrogen) atoms. The van der Waals surface area contributed by atoms with E-state index in [0.29, 0.717) is 0 Å². The molecule has 0 fully saturated rings. The number of ether oxygens (including phenoxy) is 2. The van der Waals surface area contributed by atoms with Crippen molar-refractivity contribution in [2.24, 2.45) is 0 Å². The van der Waals surface area contributed by atoms with Gasteiger partial charge in [0.05, 0.1) is 20.3 Å². The van der Waals surface area contributed by atoms with Gasteiger partial charge in [0.2, 0.25) is 0 Å². The quantitative estimate of drug-likeness (QED) is 0.840. The van der Waals surface area contributed by atoms with Gasteiger partial charge in [-0.15, -0.1) is 0 Å². The second-order valence-corrected chi connectivity index (χ2v) is 5.87. The molecule has 5 heteroatoms. The van der Waals surface area contributed by atoms with Crippen LogP contribution in [0.3, 0.4) is 0 Å². The van der Waals surface area contributed by atoms with Gasteiger partial charge in [-0.05, 0) is 51.6 Å². The minimum absolute atomic E-state index is 0.0747. The van der Waals surface area contributed by atoms with Crippen LogP contribution in [0.2, 0.25) is 0 Å². The number of halogens is 1. The first-order valence-corrected chi connectivity index (χ1v) is 8.11. The maximum atomic E-state index is 5.50. The third-order valence-corrected chi connectivity index (χ3v) is 4.86. The standard InChI is InChI=1S/C15H18BrNO2S/c1-4-17-15(12-8-20-9-13(12)16)11-7-10(18-2)5-6-14(11)19-3/h5-9,15,17H,4H2,1-3H3. The van der Waals surface area contributed by atoms with E-state index < -0.39 is 0 Å². The summed E-state index contributed by atoms with van der Waals surface area (Å²) >= 11 is 5.29. The predicted molar refractivity (Wildman–Crippen MR) is 87.1 cm³/mol. The lowest BCUT2D eigenvalue weighted by atomic mass is 10.00. The molecule has 0 aliphatic rings. The fourth-order valence-electron chi connectivity index (χ4n) is 2.15. The SMILES string of the molecule is CCNC(c1cscc1Br)c1cc(OC)ccc1OC. The maximum Gasteiger partial charge on any atom is 0.124 e. The number of hydrogen-bond donors (Lipinski definition) is 1. The lowest BCUT2D eigenvalue weighted by Gasteiger charge is -2.21. The Morgan fingerprint density at radius 3 is 2.55 bits per heavy atom. The molecular formula is C15H18BrNO2S. The van der Waals surface area contributed by atoms with E-state index in [4.69, 9.17) is 9.47 Å². The maximum absolute atomic E-state index is 5.50. The summed E-state index contributed by atoms with van der Waals surface area (Å²) in [7, 11) is 3.37. The molecule has 2 rings (SSSR count). The third kappa shape index (κ3) is 3.16. The molecule has 0 amide bonds. The Hall–Kier alpha value is -1.04. The van der Waals surface area contributed by atoms with Crippen molar-refractivity contribution in [1.29, 1.82) is 0 Å². The first-order chi connectivity index (χ1) is 9.71. The van der Waals surface area contributed by atoms with Crippen LogP contribution in [0.5, 0.6) is 11.5 Å². The number of benzene rings is 1. The molecule has 1 unspecified atom stereocenters. The molecule has 0 saturated carbocycles. The van der Waals surface area contributed by atoms with Gasteiger partial charge >= 0.3 is 0 Å². The predicted octanol–water partition coefficient (Wildman–Crippen LogP) is 4.23. The van der Waals surface area contributed by atoms with Gasteiger partial charge in [0.25, 0.3) is 0 Å². The second kappa shape index (κ2) is 7.11. The Bertz CT molecular complexity index is 571. The minimum Gasteiger partial charge on any atom is -0.497 e. The van der Waals surface area contributed by atoms with Crippen LogP contribution >= 0.6 is 27.3 Å². The summed E-state index contributed by atoms with van der Waals surface area (Å²) in [5.41, 5.74) is 2.29. The number of thiophene rings is 1. The minimum atomic E-state index is 0.0747. The van der Waals surface area contributed by atoms with Crippen LogP contribution in [0.1, 0.15) is 24.1 Å². The molecular weight excluding hydrogens is 338 g/mol. The van der Waals surface area contributed by atoms with Crippen molar-refractivity contribution in [3.63, 3.8) is 0 Å². The van der Waals surface area contributed by atoms with E-state index in [1.54, 1.807) is 25.6 Å². The normalized spacial score (nSPS) is 12.2. The first kappa shape index (κ1) is 15.4. The average molecular weight is 356 g/mol. The van der Waals surface area contributed by atoms with Gasteiger partial charge in [-0.25, -0.2) is 0 Å². The fraction of sp³-hybridized carbons (Fsp3) is 0.333. The topological polar surface area (TPSA) is 30.5 Å². The van der Waals surface area contributed by atoms with Gasteiger partial charge in [-0.2, -0.15) is 11.3 Å². The summed E-state index contributed by atoms with van der Waals surface area (Å²) in [5, 5.41) is 7.75. The van der Waals surface area contributed by atoms with Crippen molar-refractivity contribution >= 4 is 27.3 Å². The van der Waals surface area contributed by atoms with Crippen LogP contribution in [0.15, 0.2) is 33.4 Å². The van der Waals surface area contributed by atoms with Crippen LogP contribution in [-0.4, -0.2) is 20.8 Å². The van der Waals surface area contributed by atoms with Crippen molar-refractivity contribution in [2.75, 3.05) is 20.8 Å².